The van der Waals surface area contributed by atoms with E-state index in [0.29, 0.717) is 0 Å². The lowest BCUT2D eigenvalue weighted by Crippen LogP contribution is -2.25. The molecule has 1 atom stereocenters. The molecule has 19 heavy (non-hydrogen) atoms. The van der Waals surface area contributed by atoms with Crippen LogP contribution in [0.25, 0.3) is 0 Å². The van der Waals surface area contributed by atoms with Gasteiger partial charge >= 0.3 is 0 Å². The molecule has 100 valence electrons. The van der Waals surface area contributed by atoms with Crippen LogP contribution >= 0.6 is 23.4 Å². The minimum atomic E-state index is 0.0470. The van der Waals surface area contributed by atoms with Crippen molar-refractivity contribution in [2.45, 2.75) is 17.4 Å². The van der Waals surface area contributed by atoms with Gasteiger partial charge in [0, 0.05) is 21.7 Å². The molecule has 4 heteroatoms. The molecule has 3 N–H and O–H groups in total. The van der Waals surface area contributed by atoms with Crippen LogP contribution in [0.2, 0.25) is 5.02 Å². The van der Waals surface area contributed by atoms with Crippen LogP contribution in [0.3, 0.4) is 0 Å². The Labute approximate surface area is 122 Å². The van der Waals surface area contributed by atoms with E-state index >= 15 is 0 Å². The number of benzene rings is 2. The van der Waals surface area contributed by atoms with Gasteiger partial charge in [0.2, 0.25) is 0 Å². The van der Waals surface area contributed by atoms with E-state index in [1.54, 1.807) is 23.9 Å². The van der Waals surface area contributed by atoms with E-state index in [-0.39, 0.29) is 11.8 Å². The fraction of sp³-hybridized carbons (Fsp3) is 0.200. The van der Waals surface area contributed by atoms with Crippen molar-refractivity contribution in [2.75, 3.05) is 5.75 Å². The Bertz CT molecular complexity index is 547. The number of aromatic hydroxyl groups is 1. The molecule has 0 bridgehead atoms. The van der Waals surface area contributed by atoms with Crippen LogP contribution in [0.4, 0.5) is 0 Å². The van der Waals surface area contributed by atoms with Crippen molar-refractivity contribution in [1.82, 2.24) is 0 Å². The van der Waals surface area contributed by atoms with Crippen LogP contribution in [0.1, 0.15) is 5.56 Å². The first-order chi connectivity index (χ1) is 9.13. The average molecular weight is 294 g/mol. The SMILES string of the molecule is NC(CSc1cccc(Cl)c1)Cc1cccc(O)c1. The number of halogens is 1. The van der Waals surface area contributed by atoms with Gasteiger partial charge in [0.1, 0.15) is 5.75 Å². The van der Waals surface area contributed by atoms with Crippen LogP contribution in [-0.4, -0.2) is 16.9 Å². The lowest BCUT2D eigenvalue weighted by Gasteiger charge is -2.11. The Balaban J connectivity index is 1.86. The summed E-state index contributed by atoms with van der Waals surface area (Å²) in [7, 11) is 0. The monoisotopic (exact) mass is 293 g/mol. The molecular weight excluding hydrogens is 278 g/mol. The highest BCUT2D eigenvalue weighted by atomic mass is 35.5. The quantitative estimate of drug-likeness (QED) is 0.826. The van der Waals surface area contributed by atoms with Gasteiger partial charge in [-0.3, -0.25) is 0 Å². The zero-order valence-corrected chi connectivity index (χ0v) is 12.0. The first-order valence-corrected chi connectivity index (χ1v) is 7.42. The van der Waals surface area contributed by atoms with Crippen molar-refractivity contribution in [2.24, 2.45) is 5.73 Å². The number of phenols is 1. The third-order valence-corrected chi connectivity index (χ3v) is 4.09. The standard InChI is InChI=1S/C15H16ClNOS/c16-12-4-2-6-15(9-12)19-10-13(17)7-11-3-1-5-14(18)8-11/h1-6,8-9,13,18H,7,10,17H2. The molecule has 0 saturated heterocycles. The maximum Gasteiger partial charge on any atom is 0.115 e. The van der Waals surface area contributed by atoms with Gasteiger partial charge in [-0.1, -0.05) is 29.8 Å². The van der Waals surface area contributed by atoms with E-state index in [4.69, 9.17) is 17.3 Å². The number of rotatable bonds is 5. The Morgan fingerprint density at radius 1 is 1.16 bits per heavy atom. The van der Waals surface area contributed by atoms with Gasteiger partial charge < -0.3 is 10.8 Å². The van der Waals surface area contributed by atoms with Gasteiger partial charge in [-0.05, 0) is 42.3 Å². The van der Waals surface area contributed by atoms with Gasteiger partial charge in [-0.15, -0.1) is 11.8 Å². The van der Waals surface area contributed by atoms with Crippen molar-refractivity contribution in [3.63, 3.8) is 0 Å². The fourth-order valence-electron chi connectivity index (χ4n) is 1.81. The Kier molecular flexibility index (Phi) is 5.14. The zero-order chi connectivity index (χ0) is 13.7. The molecule has 0 heterocycles. The molecule has 1 unspecified atom stereocenters. The molecule has 0 aliphatic heterocycles. The van der Waals surface area contributed by atoms with Crippen molar-refractivity contribution in [3.8, 4) is 5.75 Å². The van der Waals surface area contributed by atoms with E-state index in [9.17, 15) is 5.11 Å². The highest BCUT2D eigenvalue weighted by molar-refractivity contribution is 7.99. The van der Waals surface area contributed by atoms with Crippen LogP contribution in [0.5, 0.6) is 5.75 Å². The summed E-state index contributed by atoms with van der Waals surface area (Å²) in [5.74, 6) is 1.10. The fourth-order valence-corrected chi connectivity index (χ4v) is 2.97. The van der Waals surface area contributed by atoms with Crippen LogP contribution in [0, 0.1) is 0 Å². The van der Waals surface area contributed by atoms with Gasteiger partial charge in [-0.25, -0.2) is 0 Å². The Morgan fingerprint density at radius 3 is 2.68 bits per heavy atom. The van der Waals surface area contributed by atoms with Gasteiger partial charge in [0.25, 0.3) is 0 Å². The average Bonchev–Trinajstić information content (AvgIpc) is 2.36. The second kappa shape index (κ2) is 6.85. The minimum Gasteiger partial charge on any atom is -0.508 e. The highest BCUT2D eigenvalue weighted by Gasteiger charge is 2.06. The largest absolute Gasteiger partial charge is 0.508 e. The second-order valence-corrected chi connectivity index (χ2v) is 5.93. The molecular formula is C15H16ClNOS. The van der Waals surface area contributed by atoms with E-state index in [1.807, 2.05) is 36.4 Å². The molecule has 0 saturated carbocycles. The number of thioether (sulfide) groups is 1. The summed E-state index contributed by atoms with van der Waals surface area (Å²) in [5, 5.41) is 10.1. The summed E-state index contributed by atoms with van der Waals surface area (Å²) in [4.78, 5) is 1.12. The van der Waals surface area contributed by atoms with Crippen LogP contribution in [0.15, 0.2) is 53.4 Å². The summed E-state index contributed by atoms with van der Waals surface area (Å²) in [6.45, 7) is 0. The second-order valence-electron chi connectivity index (χ2n) is 4.40. The molecule has 2 aromatic carbocycles. The number of hydrogen-bond acceptors (Lipinski definition) is 3. The van der Waals surface area contributed by atoms with Crippen LogP contribution in [-0.2, 0) is 6.42 Å². The third kappa shape index (κ3) is 4.78. The lowest BCUT2D eigenvalue weighted by molar-refractivity contribution is 0.474. The first-order valence-electron chi connectivity index (χ1n) is 6.05. The molecule has 2 aromatic rings. The molecule has 2 rings (SSSR count). The van der Waals surface area contributed by atoms with E-state index in [2.05, 4.69) is 0 Å². The summed E-state index contributed by atoms with van der Waals surface area (Å²) in [6, 6.07) is 15.0. The number of hydrogen-bond donors (Lipinski definition) is 2. The third-order valence-electron chi connectivity index (χ3n) is 2.67. The van der Waals surface area contributed by atoms with Crippen molar-refractivity contribution in [1.29, 1.82) is 0 Å². The molecule has 0 aromatic heterocycles. The Morgan fingerprint density at radius 2 is 1.95 bits per heavy atom. The summed E-state index contributed by atoms with van der Waals surface area (Å²) >= 11 is 7.63. The first kappa shape index (κ1) is 14.3. The smallest absolute Gasteiger partial charge is 0.115 e. The summed E-state index contributed by atoms with van der Waals surface area (Å²) < 4.78 is 0. The number of nitrogens with two attached hydrogens (primary N) is 1. The van der Waals surface area contributed by atoms with Gasteiger partial charge in [0.05, 0.1) is 0 Å². The highest BCUT2D eigenvalue weighted by Crippen LogP contribution is 2.22. The van der Waals surface area contributed by atoms with E-state index < -0.39 is 0 Å². The Hall–Kier alpha value is -1.16. The maximum absolute atomic E-state index is 9.40. The van der Waals surface area contributed by atoms with E-state index in [0.717, 1.165) is 27.7 Å². The van der Waals surface area contributed by atoms with Crippen molar-refractivity contribution < 1.29 is 5.11 Å². The normalized spacial score (nSPS) is 12.3. The van der Waals surface area contributed by atoms with Gasteiger partial charge in [-0.2, -0.15) is 0 Å². The van der Waals surface area contributed by atoms with Crippen molar-refractivity contribution >= 4 is 23.4 Å². The zero-order valence-electron chi connectivity index (χ0n) is 10.4. The molecule has 0 spiro atoms. The topological polar surface area (TPSA) is 46.2 Å². The summed E-state index contributed by atoms with van der Waals surface area (Å²) in [5.41, 5.74) is 7.16. The maximum atomic E-state index is 9.40. The predicted octanol–water partition coefficient (Wildman–Crippen LogP) is 3.71. The van der Waals surface area contributed by atoms with E-state index in [1.165, 1.54) is 0 Å². The molecule has 0 aliphatic rings. The van der Waals surface area contributed by atoms with Crippen LogP contribution < -0.4 is 5.73 Å². The molecule has 0 radical (unpaired) electrons. The molecule has 0 amide bonds. The molecule has 0 aliphatic carbocycles. The summed E-state index contributed by atoms with van der Waals surface area (Å²) in [6.07, 6.45) is 0.752. The van der Waals surface area contributed by atoms with Crippen molar-refractivity contribution in [3.05, 3.63) is 59.1 Å². The predicted molar refractivity (Wildman–Crippen MR) is 82.0 cm³/mol. The lowest BCUT2D eigenvalue weighted by atomic mass is 10.1. The van der Waals surface area contributed by atoms with Gasteiger partial charge in [0.15, 0.2) is 0 Å². The number of phenolic OH excluding ortho intramolecular Hbond substituents is 1. The molecule has 0 fully saturated rings. The molecule has 2 nitrogen and oxygen atoms in total. The minimum absolute atomic E-state index is 0.0470.